The van der Waals surface area contributed by atoms with Gasteiger partial charge >= 0.3 is 0 Å². The van der Waals surface area contributed by atoms with Crippen molar-refractivity contribution in [1.29, 1.82) is 0 Å². The molecular formula is C18H20NS+. The van der Waals surface area contributed by atoms with Gasteiger partial charge in [0.2, 0.25) is 0 Å². The molecule has 2 aromatic carbocycles. The minimum absolute atomic E-state index is 0.526. The maximum atomic E-state index is 2.46. The minimum atomic E-state index is 0.526. The van der Waals surface area contributed by atoms with E-state index >= 15 is 0 Å². The van der Waals surface area contributed by atoms with Gasteiger partial charge in [-0.2, -0.15) is 0 Å². The van der Waals surface area contributed by atoms with E-state index in [2.05, 4.69) is 73.2 Å². The van der Waals surface area contributed by atoms with Crippen LogP contribution in [0, 0.1) is 6.92 Å². The van der Waals surface area contributed by atoms with Crippen molar-refractivity contribution >= 4 is 18.0 Å². The molecule has 1 aliphatic rings. The van der Waals surface area contributed by atoms with Crippen LogP contribution >= 0.6 is 11.8 Å². The van der Waals surface area contributed by atoms with Gasteiger partial charge in [0.25, 0.3) is 0 Å². The fraction of sp³-hybridized carbons (Fsp3) is 0.278. The van der Waals surface area contributed by atoms with Crippen molar-refractivity contribution in [3.63, 3.8) is 0 Å². The van der Waals surface area contributed by atoms with E-state index in [1.54, 1.807) is 0 Å². The number of aryl methyl sites for hydroxylation is 1. The van der Waals surface area contributed by atoms with Gasteiger partial charge in [0, 0.05) is 11.3 Å². The molecule has 0 radical (unpaired) electrons. The molecule has 0 aromatic heterocycles. The van der Waals surface area contributed by atoms with Gasteiger partial charge < -0.3 is 0 Å². The fourth-order valence-corrected chi connectivity index (χ4v) is 3.85. The minimum Gasteiger partial charge on any atom is -0.223 e. The first-order valence-electron chi connectivity index (χ1n) is 7.11. The van der Waals surface area contributed by atoms with Crippen LogP contribution in [0.5, 0.6) is 0 Å². The van der Waals surface area contributed by atoms with E-state index in [4.69, 9.17) is 0 Å². The monoisotopic (exact) mass is 282 g/mol. The third-order valence-corrected chi connectivity index (χ3v) is 5.12. The maximum absolute atomic E-state index is 2.46. The predicted octanol–water partition coefficient (Wildman–Crippen LogP) is 4.12. The molecule has 1 heterocycles. The molecule has 0 N–H and O–H groups in total. The van der Waals surface area contributed by atoms with Crippen LogP contribution in [0.15, 0.2) is 53.4 Å². The molecule has 1 atom stereocenters. The molecule has 0 saturated heterocycles. The van der Waals surface area contributed by atoms with Crippen molar-refractivity contribution in [1.82, 2.24) is 0 Å². The largest absolute Gasteiger partial charge is 0.223 e. The molecule has 0 spiro atoms. The molecule has 2 heteroatoms. The summed E-state index contributed by atoms with van der Waals surface area (Å²) in [7, 11) is 0. The first-order chi connectivity index (χ1) is 9.74. The van der Waals surface area contributed by atoms with E-state index in [0.717, 1.165) is 12.3 Å². The van der Waals surface area contributed by atoms with Crippen LogP contribution in [0.25, 0.3) is 0 Å². The number of thioether (sulfide) groups is 1. The third-order valence-electron chi connectivity index (χ3n) is 3.85. The molecule has 102 valence electrons. The van der Waals surface area contributed by atoms with Crippen LogP contribution in [0.2, 0.25) is 0 Å². The summed E-state index contributed by atoms with van der Waals surface area (Å²) in [5.74, 6) is 1.05. The van der Waals surface area contributed by atoms with E-state index in [1.807, 2.05) is 11.8 Å². The fourth-order valence-electron chi connectivity index (χ4n) is 2.66. The summed E-state index contributed by atoms with van der Waals surface area (Å²) in [6, 6.07) is 17.8. The van der Waals surface area contributed by atoms with Crippen molar-refractivity contribution in [3.8, 4) is 0 Å². The summed E-state index contributed by atoms with van der Waals surface area (Å²) in [6.45, 7) is 4.51. The highest BCUT2D eigenvalue weighted by Gasteiger charge is 2.22. The number of nitrogens with zero attached hydrogens (tertiary/aromatic N) is 1. The Morgan fingerprint density at radius 3 is 2.70 bits per heavy atom. The van der Waals surface area contributed by atoms with Crippen molar-refractivity contribution in [2.24, 2.45) is 0 Å². The Bertz CT molecular complexity index is 631. The summed E-state index contributed by atoms with van der Waals surface area (Å²) >= 11 is 1.96. The van der Waals surface area contributed by atoms with Gasteiger partial charge in [0.15, 0.2) is 18.1 Å². The molecule has 1 nitrogen and oxygen atoms in total. The van der Waals surface area contributed by atoms with E-state index in [9.17, 15) is 0 Å². The Morgan fingerprint density at radius 1 is 1.10 bits per heavy atom. The smallest absolute Gasteiger partial charge is 0.193 e. The lowest BCUT2D eigenvalue weighted by Crippen LogP contribution is -2.29. The Kier molecular flexibility index (Phi) is 3.93. The van der Waals surface area contributed by atoms with Gasteiger partial charge in [-0.15, -0.1) is 0 Å². The summed E-state index contributed by atoms with van der Waals surface area (Å²) in [4.78, 5) is 1.44. The zero-order valence-electron chi connectivity index (χ0n) is 12.0. The molecule has 0 fully saturated rings. The highest BCUT2D eigenvalue weighted by molar-refractivity contribution is 7.99. The average molecular weight is 282 g/mol. The van der Waals surface area contributed by atoms with Gasteiger partial charge in [0.1, 0.15) is 0 Å². The molecule has 1 unspecified atom stereocenters. The topological polar surface area (TPSA) is 3.01 Å². The van der Waals surface area contributed by atoms with Crippen molar-refractivity contribution < 1.29 is 4.58 Å². The predicted molar refractivity (Wildman–Crippen MR) is 86.9 cm³/mol. The van der Waals surface area contributed by atoms with Gasteiger partial charge in [-0.25, -0.2) is 4.58 Å². The average Bonchev–Trinajstić information content (AvgIpc) is 2.48. The van der Waals surface area contributed by atoms with Crippen molar-refractivity contribution in [2.75, 3.05) is 5.88 Å². The van der Waals surface area contributed by atoms with Gasteiger partial charge in [-0.3, -0.25) is 0 Å². The highest BCUT2D eigenvalue weighted by atomic mass is 32.2. The zero-order valence-corrected chi connectivity index (χ0v) is 12.9. The second-order valence-electron chi connectivity index (χ2n) is 5.45. The molecule has 2 aromatic rings. The molecular weight excluding hydrogens is 262 g/mol. The normalized spacial score (nSPS) is 15.4. The number of hydrogen-bond donors (Lipinski definition) is 0. The molecule has 0 bridgehead atoms. The molecule has 0 aliphatic carbocycles. The highest BCUT2D eigenvalue weighted by Crippen LogP contribution is 2.29. The van der Waals surface area contributed by atoms with Crippen LogP contribution in [-0.2, 0) is 6.42 Å². The second kappa shape index (κ2) is 5.84. The van der Waals surface area contributed by atoms with Crippen LogP contribution in [0.3, 0.4) is 0 Å². The van der Waals surface area contributed by atoms with Crippen LogP contribution < -0.4 is 0 Å². The summed E-state index contributed by atoms with van der Waals surface area (Å²) in [5, 5.41) is 0. The van der Waals surface area contributed by atoms with E-state index in [-0.39, 0.29) is 0 Å². The Balaban J connectivity index is 1.81. The van der Waals surface area contributed by atoms with Crippen LogP contribution in [0.1, 0.15) is 23.6 Å². The lowest BCUT2D eigenvalue weighted by Gasteiger charge is -2.18. The van der Waals surface area contributed by atoms with Gasteiger partial charge in [0.05, 0.1) is 5.56 Å². The second-order valence-corrected chi connectivity index (χ2v) is 6.40. The number of rotatable bonds is 3. The molecule has 0 amide bonds. The first-order valence-corrected chi connectivity index (χ1v) is 8.09. The number of fused-ring (bicyclic) bond motifs is 1. The van der Waals surface area contributed by atoms with Gasteiger partial charge in [-0.05, 0) is 31.0 Å². The molecule has 0 saturated carbocycles. The van der Waals surface area contributed by atoms with Crippen LogP contribution in [0.4, 0.5) is 0 Å². The standard InChI is InChI=1S/C18H20NS/c1-14-7-6-10-17-12-19(13-20-18(14)17)15(2)11-16-8-4-3-5-9-16/h3-10,12,15H,11,13H2,1-2H3/q+1. The third kappa shape index (κ3) is 2.80. The number of hydrogen-bond acceptors (Lipinski definition) is 1. The Morgan fingerprint density at radius 2 is 1.90 bits per heavy atom. The summed E-state index contributed by atoms with van der Waals surface area (Å²) in [6.07, 6.45) is 3.42. The Labute approximate surface area is 125 Å². The maximum Gasteiger partial charge on any atom is 0.193 e. The quantitative estimate of drug-likeness (QED) is 0.765. The summed E-state index contributed by atoms with van der Waals surface area (Å²) in [5.41, 5.74) is 4.16. The van der Waals surface area contributed by atoms with Gasteiger partial charge in [-0.1, -0.05) is 54.2 Å². The molecule has 20 heavy (non-hydrogen) atoms. The van der Waals surface area contributed by atoms with E-state index < -0.39 is 0 Å². The number of benzene rings is 2. The Hall–Kier alpha value is -1.54. The lowest BCUT2D eigenvalue weighted by atomic mass is 10.1. The molecule has 1 aliphatic heterocycles. The van der Waals surface area contributed by atoms with E-state index in [1.165, 1.54) is 21.6 Å². The SMILES string of the molecule is Cc1cccc2c1SC[N+](C(C)Cc1ccccc1)=C2. The first kappa shape index (κ1) is 13.4. The van der Waals surface area contributed by atoms with Crippen molar-refractivity contribution in [3.05, 3.63) is 65.2 Å². The lowest BCUT2D eigenvalue weighted by molar-refractivity contribution is -0.539. The van der Waals surface area contributed by atoms with Crippen molar-refractivity contribution in [2.45, 2.75) is 31.2 Å². The zero-order chi connectivity index (χ0) is 13.9. The summed E-state index contributed by atoms with van der Waals surface area (Å²) < 4.78 is 2.46. The van der Waals surface area contributed by atoms with E-state index in [0.29, 0.717) is 6.04 Å². The van der Waals surface area contributed by atoms with Crippen LogP contribution in [-0.4, -0.2) is 22.7 Å². The molecule has 3 rings (SSSR count).